The largest absolute Gasteiger partial charge is 0.497 e. The molecule has 0 fully saturated rings. The number of carbonyl (C=O) groups is 1. The van der Waals surface area contributed by atoms with E-state index in [1.165, 1.54) is 0 Å². The van der Waals surface area contributed by atoms with Gasteiger partial charge in [-0.1, -0.05) is 0 Å². The zero-order valence-electron chi connectivity index (χ0n) is 13.4. The number of hydrogen-bond donors (Lipinski definition) is 0. The molecule has 1 amide bonds. The van der Waals surface area contributed by atoms with Crippen molar-refractivity contribution in [1.82, 2.24) is 4.90 Å². The molecule has 0 aliphatic rings. The number of rotatable bonds is 6. The molecule has 1 heterocycles. The summed E-state index contributed by atoms with van der Waals surface area (Å²) in [5, 5.41) is 0. The smallest absolute Gasteiger partial charge is 0.254 e. The second-order valence-corrected chi connectivity index (χ2v) is 6.54. The van der Waals surface area contributed by atoms with Crippen LogP contribution in [0.5, 0.6) is 11.5 Å². The highest BCUT2D eigenvalue weighted by Crippen LogP contribution is 2.22. The number of likely N-dealkylation sites (N-methyl/N-ethyl adjacent to an activating group) is 1. The molecule has 2 aromatic rings. The van der Waals surface area contributed by atoms with Crippen LogP contribution in [0.3, 0.4) is 0 Å². The quantitative estimate of drug-likeness (QED) is 0.817. The minimum atomic E-state index is 0.0418. The van der Waals surface area contributed by atoms with Gasteiger partial charge in [0.15, 0.2) is 0 Å². The lowest BCUT2D eigenvalue weighted by Gasteiger charge is -2.17. The molecule has 0 aliphatic heterocycles. The zero-order valence-corrected chi connectivity index (χ0v) is 14.2. The lowest BCUT2D eigenvalue weighted by molar-refractivity contribution is 0.0773. The van der Waals surface area contributed by atoms with Crippen LogP contribution in [0.2, 0.25) is 0 Å². The third kappa shape index (κ3) is 4.01. The number of thiophene rings is 1. The maximum atomic E-state index is 12.4. The number of nitrogens with zero attached hydrogens (tertiary/aromatic N) is 1. The van der Waals surface area contributed by atoms with Gasteiger partial charge < -0.3 is 14.4 Å². The van der Waals surface area contributed by atoms with E-state index in [2.05, 4.69) is 0 Å². The van der Waals surface area contributed by atoms with Crippen LogP contribution in [-0.2, 0) is 0 Å². The van der Waals surface area contributed by atoms with Crippen LogP contribution in [0.15, 0.2) is 30.3 Å². The molecule has 0 N–H and O–H groups in total. The first kappa shape index (κ1) is 16.4. The van der Waals surface area contributed by atoms with E-state index in [4.69, 9.17) is 9.47 Å². The first-order valence-electron chi connectivity index (χ1n) is 7.10. The maximum Gasteiger partial charge on any atom is 0.254 e. The number of carbonyl (C=O) groups excluding carboxylic acids is 1. The summed E-state index contributed by atoms with van der Waals surface area (Å²) in [7, 11) is 3.43. The molecular weight excluding hydrogens is 298 g/mol. The van der Waals surface area contributed by atoms with Crippen molar-refractivity contribution in [1.29, 1.82) is 0 Å². The summed E-state index contributed by atoms with van der Waals surface area (Å²) < 4.78 is 10.7. The van der Waals surface area contributed by atoms with E-state index < -0.39 is 0 Å². The van der Waals surface area contributed by atoms with Gasteiger partial charge in [0.1, 0.15) is 18.1 Å². The molecule has 2 rings (SSSR count). The van der Waals surface area contributed by atoms with Crippen LogP contribution in [0.25, 0.3) is 0 Å². The van der Waals surface area contributed by atoms with Crippen LogP contribution in [0.4, 0.5) is 0 Å². The average Bonchev–Trinajstić information content (AvgIpc) is 2.85. The molecule has 0 bridgehead atoms. The molecule has 1 aromatic carbocycles. The predicted molar refractivity (Wildman–Crippen MR) is 89.2 cm³/mol. The Morgan fingerprint density at radius 2 is 1.82 bits per heavy atom. The van der Waals surface area contributed by atoms with Crippen LogP contribution in [0.1, 0.15) is 20.1 Å². The fraction of sp³-hybridized carbons (Fsp3) is 0.353. The van der Waals surface area contributed by atoms with E-state index in [1.54, 1.807) is 30.4 Å². The van der Waals surface area contributed by atoms with Crippen molar-refractivity contribution < 1.29 is 14.3 Å². The van der Waals surface area contributed by atoms with E-state index >= 15 is 0 Å². The zero-order chi connectivity index (χ0) is 16.1. The van der Waals surface area contributed by atoms with E-state index in [0.717, 1.165) is 26.8 Å². The van der Waals surface area contributed by atoms with Gasteiger partial charge in [-0.25, -0.2) is 0 Å². The molecule has 1 aromatic heterocycles. The van der Waals surface area contributed by atoms with Crippen molar-refractivity contribution in [2.24, 2.45) is 0 Å². The van der Waals surface area contributed by atoms with E-state index in [1.807, 2.05) is 44.2 Å². The lowest BCUT2D eigenvalue weighted by atomic mass is 10.2. The number of amides is 1. The second kappa shape index (κ2) is 7.31. The van der Waals surface area contributed by atoms with E-state index in [-0.39, 0.29) is 5.91 Å². The highest BCUT2D eigenvalue weighted by atomic mass is 32.1. The Bertz CT molecular complexity index is 634. The van der Waals surface area contributed by atoms with Gasteiger partial charge in [0, 0.05) is 16.8 Å². The first-order valence-corrected chi connectivity index (χ1v) is 7.92. The Morgan fingerprint density at radius 1 is 1.18 bits per heavy atom. The summed E-state index contributed by atoms with van der Waals surface area (Å²) in [5.74, 6) is 1.60. The van der Waals surface area contributed by atoms with Gasteiger partial charge in [-0.15, -0.1) is 11.3 Å². The molecule has 0 aliphatic carbocycles. The topological polar surface area (TPSA) is 38.8 Å². The highest BCUT2D eigenvalue weighted by Gasteiger charge is 2.16. The van der Waals surface area contributed by atoms with Gasteiger partial charge in [-0.2, -0.15) is 0 Å². The Labute approximate surface area is 135 Å². The van der Waals surface area contributed by atoms with E-state index in [9.17, 15) is 4.79 Å². The summed E-state index contributed by atoms with van der Waals surface area (Å²) >= 11 is 1.65. The van der Waals surface area contributed by atoms with Crippen molar-refractivity contribution in [3.05, 3.63) is 45.6 Å². The lowest BCUT2D eigenvalue weighted by Crippen LogP contribution is -2.31. The number of hydrogen-bond acceptors (Lipinski definition) is 4. The van der Waals surface area contributed by atoms with Crippen molar-refractivity contribution in [2.45, 2.75) is 13.8 Å². The summed E-state index contributed by atoms with van der Waals surface area (Å²) in [6.07, 6.45) is 0. The predicted octanol–water partition coefficient (Wildman–Crippen LogP) is 3.52. The molecule has 0 spiro atoms. The highest BCUT2D eigenvalue weighted by molar-refractivity contribution is 7.12. The van der Waals surface area contributed by atoms with Gasteiger partial charge in [0.25, 0.3) is 5.91 Å². The van der Waals surface area contributed by atoms with Gasteiger partial charge in [0.05, 0.1) is 19.2 Å². The van der Waals surface area contributed by atoms with Gasteiger partial charge in [0.2, 0.25) is 0 Å². The van der Waals surface area contributed by atoms with Crippen molar-refractivity contribution in [2.75, 3.05) is 27.3 Å². The van der Waals surface area contributed by atoms with Crippen molar-refractivity contribution in [3.8, 4) is 11.5 Å². The van der Waals surface area contributed by atoms with Gasteiger partial charge in [-0.05, 0) is 44.2 Å². The number of benzene rings is 1. The van der Waals surface area contributed by atoms with Gasteiger partial charge in [-0.3, -0.25) is 4.79 Å². The molecule has 0 saturated heterocycles. The summed E-state index contributed by atoms with van der Waals surface area (Å²) in [5.41, 5.74) is 0.787. The number of methoxy groups -OCH3 is 1. The Kier molecular flexibility index (Phi) is 5.44. The maximum absolute atomic E-state index is 12.4. The minimum absolute atomic E-state index is 0.0418. The number of ether oxygens (including phenoxy) is 2. The Balaban J connectivity index is 1.85. The monoisotopic (exact) mass is 319 g/mol. The molecular formula is C17H21NO3S. The first-order chi connectivity index (χ1) is 10.5. The normalized spacial score (nSPS) is 10.4. The van der Waals surface area contributed by atoms with Crippen LogP contribution < -0.4 is 9.47 Å². The minimum Gasteiger partial charge on any atom is -0.497 e. The van der Waals surface area contributed by atoms with E-state index in [0.29, 0.717) is 13.2 Å². The van der Waals surface area contributed by atoms with Crippen LogP contribution >= 0.6 is 11.3 Å². The molecule has 118 valence electrons. The second-order valence-electron chi connectivity index (χ2n) is 5.08. The van der Waals surface area contributed by atoms with Crippen molar-refractivity contribution in [3.63, 3.8) is 0 Å². The molecule has 22 heavy (non-hydrogen) atoms. The fourth-order valence-corrected chi connectivity index (χ4v) is 3.04. The molecule has 0 radical (unpaired) electrons. The molecule has 0 unspecified atom stereocenters. The SMILES string of the molecule is COc1ccc(OCCN(C)C(=O)c2cc(C)sc2C)cc1. The van der Waals surface area contributed by atoms with Gasteiger partial charge >= 0.3 is 0 Å². The van der Waals surface area contributed by atoms with Crippen LogP contribution in [-0.4, -0.2) is 38.1 Å². The Morgan fingerprint density at radius 3 is 2.36 bits per heavy atom. The fourth-order valence-electron chi connectivity index (χ4n) is 2.12. The standard InChI is InChI=1S/C17H21NO3S/c1-12-11-16(13(2)22-12)17(19)18(3)9-10-21-15-7-5-14(20-4)6-8-15/h5-8,11H,9-10H2,1-4H3. The molecule has 0 atom stereocenters. The summed E-state index contributed by atoms with van der Waals surface area (Å²) in [6.45, 7) is 4.99. The third-order valence-corrected chi connectivity index (χ3v) is 4.34. The van der Waals surface area contributed by atoms with Crippen LogP contribution in [0, 0.1) is 13.8 Å². The molecule has 4 nitrogen and oxygen atoms in total. The molecule has 0 saturated carbocycles. The van der Waals surface area contributed by atoms with Crippen molar-refractivity contribution >= 4 is 17.2 Å². The Hall–Kier alpha value is -2.01. The molecule has 5 heteroatoms. The summed E-state index contributed by atoms with van der Waals surface area (Å²) in [6, 6.07) is 9.35. The average molecular weight is 319 g/mol. The summed E-state index contributed by atoms with van der Waals surface area (Å²) in [4.78, 5) is 16.3. The third-order valence-electron chi connectivity index (χ3n) is 3.37. The number of aryl methyl sites for hydroxylation is 2.